The first-order valence-corrected chi connectivity index (χ1v) is 23.2. The fraction of sp³-hybridized carbons (Fsp3) is 0.300. The summed E-state index contributed by atoms with van der Waals surface area (Å²) in [5.41, 5.74) is 26.1. The summed E-state index contributed by atoms with van der Waals surface area (Å²) in [6.45, 7) is 21.2. The van der Waals surface area contributed by atoms with Crippen molar-refractivity contribution in [2.24, 2.45) is 0 Å². The van der Waals surface area contributed by atoms with Gasteiger partial charge in [0.05, 0.1) is 21.1 Å². The third-order valence-corrected chi connectivity index (χ3v) is 13.2. The van der Waals surface area contributed by atoms with E-state index in [0.717, 1.165) is 30.3 Å². The van der Waals surface area contributed by atoms with E-state index in [9.17, 15) is 0 Å². The van der Waals surface area contributed by atoms with Crippen molar-refractivity contribution in [2.75, 3.05) is 21.1 Å². The molecule has 0 aliphatic heterocycles. The average Bonchev–Trinajstić information content (AvgIpc) is 3.88. The Morgan fingerprint density at radius 2 is 0.839 bits per heavy atom. The Bertz CT molecular complexity index is 2710. The van der Waals surface area contributed by atoms with Gasteiger partial charge in [-0.2, -0.15) is 0 Å². The largest absolute Gasteiger partial charge is 0.327 e. The Labute approximate surface area is 382 Å². The molecule has 10 rings (SSSR count). The van der Waals surface area contributed by atoms with Gasteiger partial charge >= 0.3 is 0 Å². The highest BCUT2D eigenvalue weighted by atomic mass is 79.9. The predicted molar refractivity (Wildman–Crippen MR) is 272 cm³/mol. The highest BCUT2D eigenvalue weighted by Gasteiger charge is 2.24. The van der Waals surface area contributed by atoms with Gasteiger partial charge in [-0.05, 0) is 140 Å². The van der Waals surface area contributed by atoms with E-state index in [2.05, 4.69) is 239 Å². The standard InChI is InChI=1S/C18H19Br.C18H20.C14H12.C10H16N/c1-11-7-16-13(10-17(11)19)8-12-9-14(18(2,3)4)5-6-15(12)16;1-12-5-6-13-10-14-11-15(18(2,3)4)7-8-16(14)17(13)9-12;1-10-6-7-12-9-11-4-2-3-5-13(11)14(12)8-10;1-11(2,3)9-10-7-5-4-6-8-10/h5-7,9-10H,8H2,1-4H3;5-9,11H,10H2,1-4H3;2-8H,9H2,1H3;4-8H,9H2,1-3H3/q;;;+1. The second-order valence-corrected chi connectivity index (χ2v) is 21.8. The fourth-order valence-corrected chi connectivity index (χ4v) is 9.32. The summed E-state index contributed by atoms with van der Waals surface area (Å²) in [6.07, 6.45) is 3.26. The zero-order chi connectivity index (χ0) is 44.6. The molecule has 0 radical (unpaired) electrons. The first kappa shape index (κ1) is 45.0. The molecule has 1 nitrogen and oxygen atoms in total. The minimum Gasteiger partial charge on any atom is -0.327 e. The molecule has 0 saturated heterocycles. The van der Waals surface area contributed by atoms with E-state index >= 15 is 0 Å². The molecule has 0 fully saturated rings. The van der Waals surface area contributed by atoms with Crippen molar-refractivity contribution in [1.82, 2.24) is 0 Å². The van der Waals surface area contributed by atoms with Gasteiger partial charge in [0.25, 0.3) is 0 Å². The normalized spacial score (nSPS) is 12.8. The van der Waals surface area contributed by atoms with E-state index < -0.39 is 0 Å². The molecule has 0 spiro atoms. The second-order valence-electron chi connectivity index (χ2n) is 20.9. The van der Waals surface area contributed by atoms with Crippen molar-refractivity contribution < 1.29 is 4.48 Å². The van der Waals surface area contributed by atoms with Crippen LogP contribution in [0.3, 0.4) is 0 Å². The Morgan fingerprint density at radius 3 is 1.35 bits per heavy atom. The Kier molecular flexibility index (Phi) is 13.1. The molecule has 62 heavy (non-hydrogen) atoms. The number of halogens is 1. The molecule has 0 unspecified atom stereocenters. The SMILES string of the molecule is C[N+](C)(C)Cc1ccccc1.Cc1cc2c(cc1Br)Cc1cc(C(C)(C)C)ccc1-2.Cc1ccc2c(c1)-c1ccc(C(C)(C)C)cc1C2.Cc1ccc2c(c1)-c1ccccc1C2. The molecule has 0 heterocycles. The van der Waals surface area contributed by atoms with Crippen LogP contribution in [0.4, 0.5) is 0 Å². The molecule has 3 aliphatic rings. The van der Waals surface area contributed by atoms with Crippen LogP contribution in [-0.2, 0) is 36.6 Å². The molecule has 0 N–H and O–H groups in total. The zero-order valence-electron chi connectivity index (χ0n) is 39.4. The number of benzene rings is 7. The molecular weight excluding hydrogens is 815 g/mol. The van der Waals surface area contributed by atoms with Gasteiger partial charge in [-0.15, -0.1) is 0 Å². The van der Waals surface area contributed by atoms with Crippen LogP contribution in [0.5, 0.6) is 0 Å². The number of hydrogen-bond donors (Lipinski definition) is 0. The van der Waals surface area contributed by atoms with Gasteiger partial charge in [-0.3, -0.25) is 0 Å². The quantitative estimate of drug-likeness (QED) is 0.152. The highest BCUT2D eigenvalue weighted by molar-refractivity contribution is 9.10. The van der Waals surface area contributed by atoms with Gasteiger partial charge in [-0.25, -0.2) is 0 Å². The van der Waals surface area contributed by atoms with Gasteiger partial charge in [0.2, 0.25) is 0 Å². The summed E-state index contributed by atoms with van der Waals surface area (Å²) in [4.78, 5) is 0. The molecular formula is C60H67BrN+. The molecule has 3 aliphatic carbocycles. The minimum atomic E-state index is 0.223. The molecule has 0 saturated carbocycles. The molecule has 2 heteroatoms. The second kappa shape index (κ2) is 18.0. The molecule has 7 aromatic rings. The van der Waals surface area contributed by atoms with Crippen molar-refractivity contribution in [1.29, 1.82) is 0 Å². The average molecular weight is 882 g/mol. The lowest BCUT2D eigenvalue weighted by molar-refractivity contribution is -0.884. The summed E-state index contributed by atoms with van der Waals surface area (Å²) in [5, 5.41) is 0. The maximum Gasteiger partial charge on any atom is 0.104 e. The third kappa shape index (κ3) is 10.6. The van der Waals surface area contributed by atoms with E-state index in [4.69, 9.17) is 0 Å². The lowest BCUT2D eigenvalue weighted by atomic mass is 9.85. The molecule has 0 aromatic heterocycles. The smallest absolute Gasteiger partial charge is 0.104 e. The minimum absolute atomic E-state index is 0.223. The molecule has 7 aromatic carbocycles. The number of rotatable bonds is 2. The van der Waals surface area contributed by atoms with Crippen LogP contribution >= 0.6 is 15.9 Å². The zero-order valence-corrected chi connectivity index (χ0v) is 41.0. The monoisotopic (exact) mass is 880 g/mol. The summed E-state index contributed by atoms with van der Waals surface area (Å²) in [6, 6.07) is 51.4. The summed E-state index contributed by atoms with van der Waals surface area (Å²) < 4.78 is 2.21. The van der Waals surface area contributed by atoms with Gasteiger partial charge in [0, 0.05) is 10.0 Å². The van der Waals surface area contributed by atoms with E-state index in [1.807, 2.05) is 0 Å². The maximum atomic E-state index is 3.64. The number of hydrogen-bond acceptors (Lipinski definition) is 0. The molecule has 0 amide bonds. The first-order chi connectivity index (χ1) is 29.2. The molecule has 318 valence electrons. The van der Waals surface area contributed by atoms with Crippen molar-refractivity contribution >= 4 is 15.9 Å². The summed E-state index contributed by atoms with van der Waals surface area (Å²) in [7, 11) is 6.60. The number of nitrogens with zero attached hydrogens (tertiary/aromatic N) is 1. The van der Waals surface area contributed by atoms with Gasteiger partial charge < -0.3 is 4.48 Å². The van der Waals surface area contributed by atoms with Crippen LogP contribution in [0.15, 0.2) is 144 Å². The summed E-state index contributed by atoms with van der Waals surface area (Å²) in [5.74, 6) is 0. The predicted octanol–water partition coefficient (Wildman–Crippen LogP) is 15.9. The number of aryl methyl sites for hydroxylation is 3. The van der Waals surface area contributed by atoms with Crippen molar-refractivity contribution in [2.45, 2.75) is 99.0 Å². The number of fused-ring (bicyclic) bond motifs is 9. The number of quaternary nitrogens is 1. The van der Waals surface area contributed by atoms with Crippen LogP contribution in [0.2, 0.25) is 0 Å². The Morgan fingerprint density at radius 1 is 0.419 bits per heavy atom. The van der Waals surface area contributed by atoms with Gasteiger partial charge in [0.15, 0.2) is 0 Å². The van der Waals surface area contributed by atoms with Crippen molar-refractivity contribution in [3.63, 3.8) is 0 Å². The van der Waals surface area contributed by atoms with E-state index in [-0.39, 0.29) is 10.8 Å². The van der Waals surface area contributed by atoms with E-state index in [0.29, 0.717) is 0 Å². The highest BCUT2D eigenvalue weighted by Crippen LogP contribution is 2.42. The Balaban J connectivity index is 0.000000127. The van der Waals surface area contributed by atoms with Crippen LogP contribution in [0.25, 0.3) is 33.4 Å². The van der Waals surface area contributed by atoms with Crippen LogP contribution in [0, 0.1) is 20.8 Å². The Hall–Kier alpha value is -5.02. The summed E-state index contributed by atoms with van der Waals surface area (Å²) >= 11 is 3.64. The molecule has 0 bridgehead atoms. The van der Waals surface area contributed by atoms with Crippen LogP contribution in [-0.4, -0.2) is 25.6 Å². The van der Waals surface area contributed by atoms with Gasteiger partial charge in [0.1, 0.15) is 6.54 Å². The van der Waals surface area contributed by atoms with Crippen LogP contribution < -0.4 is 0 Å². The fourth-order valence-electron chi connectivity index (χ4n) is 8.93. The maximum absolute atomic E-state index is 3.64. The van der Waals surface area contributed by atoms with Crippen molar-refractivity contribution in [3.05, 3.63) is 211 Å². The first-order valence-electron chi connectivity index (χ1n) is 22.4. The van der Waals surface area contributed by atoms with E-state index in [1.165, 1.54) is 105 Å². The van der Waals surface area contributed by atoms with Crippen molar-refractivity contribution in [3.8, 4) is 33.4 Å². The lowest BCUT2D eigenvalue weighted by Gasteiger charge is -2.23. The molecule has 0 atom stereocenters. The topological polar surface area (TPSA) is 0 Å². The lowest BCUT2D eigenvalue weighted by Crippen LogP contribution is -2.33. The van der Waals surface area contributed by atoms with Crippen LogP contribution in [0.1, 0.15) is 108 Å². The van der Waals surface area contributed by atoms with Gasteiger partial charge in [-0.1, -0.05) is 202 Å². The van der Waals surface area contributed by atoms with E-state index in [1.54, 1.807) is 0 Å². The third-order valence-electron chi connectivity index (χ3n) is 12.4.